The Morgan fingerprint density at radius 1 is 0.744 bits per heavy atom. The summed E-state index contributed by atoms with van der Waals surface area (Å²) >= 11 is 0. The van der Waals surface area contributed by atoms with E-state index in [1.54, 1.807) is 0 Å². The average Bonchev–Trinajstić information content (AvgIpc) is 2.88. The normalized spacial score (nSPS) is 13.9. The third kappa shape index (κ3) is 13.0. The number of phenols is 1. The molecular formula is C25H41N7O7. The Bertz CT molecular complexity index is 959. The van der Waals surface area contributed by atoms with Crippen molar-refractivity contribution in [3.8, 4) is 5.75 Å². The van der Waals surface area contributed by atoms with Crippen molar-refractivity contribution < 1.29 is 34.2 Å². The van der Waals surface area contributed by atoms with Crippen LogP contribution in [0, 0.1) is 0 Å². The van der Waals surface area contributed by atoms with Crippen molar-refractivity contribution in [1.82, 2.24) is 16.0 Å². The Morgan fingerprint density at radius 3 is 1.79 bits per heavy atom. The van der Waals surface area contributed by atoms with Crippen molar-refractivity contribution >= 4 is 29.6 Å². The molecule has 4 amide bonds. The summed E-state index contributed by atoms with van der Waals surface area (Å²) in [6.45, 7) is 0.842. The molecule has 0 aliphatic carbocycles. The summed E-state index contributed by atoms with van der Waals surface area (Å²) in [6, 6.07) is 1.04. The smallest absolute Gasteiger partial charge is 0.326 e. The molecule has 0 saturated carbocycles. The molecular weight excluding hydrogens is 510 g/mol. The number of nitrogens with two attached hydrogens (primary N) is 4. The number of unbranched alkanes of at least 4 members (excludes halogenated alkanes) is 2. The van der Waals surface area contributed by atoms with E-state index in [1.807, 2.05) is 0 Å². The fourth-order valence-electron chi connectivity index (χ4n) is 3.70. The molecule has 39 heavy (non-hydrogen) atoms. The van der Waals surface area contributed by atoms with Gasteiger partial charge in [-0.1, -0.05) is 18.6 Å². The molecule has 0 aliphatic rings. The van der Waals surface area contributed by atoms with Crippen molar-refractivity contribution in [2.75, 3.05) is 13.1 Å². The first-order chi connectivity index (χ1) is 18.5. The van der Waals surface area contributed by atoms with Crippen LogP contribution in [0.2, 0.25) is 0 Å². The van der Waals surface area contributed by atoms with E-state index in [0.717, 1.165) is 0 Å². The molecule has 1 rings (SSSR count). The predicted molar refractivity (Wildman–Crippen MR) is 143 cm³/mol. The Balaban J connectivity index is 3.12. The summed E-state index contributed by atoms with van der Waals surface area (Å²) in [7, 11) is 0. The van der Waals surface area contributed by atoms with Crippen LogP contribution in [0.15, 0.2) is 24.3 Å². The lowest BCUT2D eigenvalue weighted by Gasteiger charge is -2.25. The van der Waals surface area contributed by atoms with E-state index < -0.39 is 60.2 Å². The lowest BCUT2D eigenvalue weighted by atomic mass is 10.0. The van der Waals surface area contributed by atoms with Gasteiger partial charge in [0.05, 0.1) is 12.5 Å². The summed E-state index contributed by atoms with van der Waals surface area (Å²) in [5.74, 6) is -4.53. The summed E-state index contributed by atoms with van der Waals surface area (Å²) in [5.41, 5.74) is 22.6. The molecule has 4 atom stereocenters. The van der Waals surface area contributed by atoms with Gasteiger partial charge in [-0.05, 0) is 62.9 Å². The second-order valence-corrected chi connectivity index (χ2v) is 9.24. The number of phenolic OH excluding ortho intramolecular Hbond substituents is 1. The standard InChI is InChI=1S/C25H41N7O7/c26-11-3-1-5-17(28)22(35)30-18(6-2-4-12-27)23(36)31-19(13-15-7-9-16(33)10-8-15)24(37)32-20(25(38)39)14-21(29)34/h7-10,17-20,33H,1-6,11-14,26-28H2,(H2,29,34)(H,30,35)(H,31,36)(H,32,37)(H,38,39). The lowest BCUT2D eigenvalue weighted by Crippen LogP contribution is -2.57. The van der Waals surface area contributed by atoms with Crippen LogP contribution in [0.5, 0.6) is 5.75 Å². The minimum absolute atomic E-state index is 0.0123. The molecule has 0 heterocycles. The first-order valence-corrected chi connectivity index (χ1v) is 12.8. The van der Waals surface area contributed by atoms with E-state index in [1.165, 1.54) is 24.3 Å². The Kier molecular flexibility index (Phi) is 15.1. The van der Waals surface area contributed by atoms with Crippen LogP contribution in [0.4, 0.5) is 0 Å². The molecule has 0 radical (unpaired) electrons. The van der Waals surface area contributed by atoms with Gasteiger partial charge in [-0.15, -0.1) is 0 Å². The number of amides is 4. The molecule has 0 saturated heterocycles. The first-order valence-electron chi connectivity index (χ1n) is 12.8. The van der Waals surface area contributed by atoms with Gasteiger partial charge in [-0.3, -0.25) is 19.2 Å². The summed E-state index contributed by atoms with van der Waals surface area (Å²) in [6.07, 6.45) is 2.30. The van der Waals surface area contributed by atoms with Crippen LogP contribution in [0.1, 0.15) is 50.5 Å². The zero-order valence-corrected chi connectivity index (χ0v) is 21.9. The topological polar surface area (TPSA) is 266 Å². The Hall–Kier alpha value is -3.75. The quantitative estimate of drug-likeness (QED) is 0.0848. The fourth-order valence-corrected chi connectivity index (χ4v) is 3.70. The highest BCUT2D eigenvalue weighted by Crippen LogP contribution is 2.12. The van der Waals surface area contributed by atoms with Crippen LogP contribution in [0.25, 0.3) is 0 Å². The van der Waals surface area contributed by atoms with Gasteiger partial charge in [-0.2, -0.15) is 0 Å². The molecule has 0 spiro atoms. The monoisotopic (exact) mass is 551 g/mol. The number of carboxylic acid groups (broad SMARTS) is 1. The maximum Gasteiger partial charge on any atom is 0.326 e. The number of nitrogens with one attached hydrogen (secondary N) is 3. The van der Waals surface area contributed by atoms with E-state index in [9.17, 15) is 34.2 Å². The highest BCUT2D eigenvalue weighted by atomic mass is 16.4. The maximum atomic E-state index is 13.3. The van der Waals surface area contributed by atoms with Gasteiger partial charge < -0.3 is 49.1 Å². The van der Waals surface area contributed by atoms with Gasteiger partial charge in [-0.25, -0.2) is 4.79 Å². The zero-order chi connectivity index (χ0) is 29.4. The van der Waals surface area contributed by atoms with Crippen molar-refractivity contribution in [1.29, 1.82) is 0 Å². The Morgan fingerprint density at radius 2 is 1.26 bits per heavy atom. The SMILES string of the molecule is NCCCCC(N)C(=O)NC(CCCCN)C(=O)NC(Cc1ccc(O)cc1)C(=O)NC(CC(N)=O)C(=O)O. The number of benzene rings is 1. The van der Waals surface area contributed by atoms with Crippen molar-refractivity contribution in [3.05, 3.63) is 29.8 Å². The van der Waals surface area contributed by atoms with E-state index in [-0.39, 0.29) is 18.6 Å². The first kappa shape index (κ1) is 33.3. The molecule has 0 aliphatic heterocycles. The summed E-state index contributed by atoms with van der Waals surface area (Å²) in [5, 5.41) is 26.4. The second-order valence-electron chi connectivity index (χ2n) is 9.24. The van der Waals surface area contributed by atoms with Crippen molar-refractivity contribution in [2.24, 2.45) is 22.9 Å². The molecule has 0 fully saturated rings. The van der Waals surface area contributed by atoms with Crippen molar-refractivity contribution in [3.63, 3.8) is 0 Å². The molecule has 14 heteroatoms. The number of hydrogen-bond donors (Lipinski definition) is 9. The number of hydrogen-bond acceptors (Lipinski definition) is 9. The van der Waals surface area contributed by atoms with E-state index >= 15 is 0 Å². The third-order valence-corrected chi connectivity index (χ3v) is 5.91. The van der Waals surface area contributed by atoms with Gasteiger partial charge in [0.15, 0.2) is 0 Å². The Labute approximate surface area is 227 Å². The maximum absolute atomic E-state index is 13.3. The predicted octanol–water partition coefficient (Wildman–Crippen LogP) is -2.07. The van der Waals surface area contributed by atoms with Crippen LogP contribution in [0.3, 0.4) is 0 Å². The molecule has 1 aromatic rings. The number of rotatable bonds is 19. The number of aromatic hydroxyl groups is 1. The summed E-state index contributed by atoms with van der Waals surface area (Å²) < 4.78 is 0. The minimum atomic E-state index is -1.61. The highest BCUT2D eigenvalue weighted by Gasteiger charge is 2.31. The molecule has 0 bridgehead atoms. The second kappa shape index (κ2) is 17.7. The van der Waals surface area contributed by atoms with Crippen LogP contribution in [-0.4, -0.2) is 77.1 Å². The van der Waals surface area contributed by atoms with Crippen LogP contribution >= 0.6 is 0 Å². The molecule has 1 aromatic carbocycles. The van der Waals surface area contributed by atoms with Crippen molar-refractivity contribution in [2.45, 2.75) is 75.5 Å². The molecule has 218 valence electrons. The van der Waals surface area contributed by atoms with Gasteiger partial charge in [0.2, 0.25) is 23.6 Å². The number of aliphatic carboxylic acids is 1. The van der Waals surface area contributed by atoms with Gasteiger partial charge in [0, 0.05) is 6.42 Å². The molecule has 14 nitrogen and oxygen atoms in total. The third-order valence-electron chi connectivity index (χ3n) is 5.91. The molecule has 13 N–H and O–H groups in total. The van der Waals surface area contributed by atoms with Crippen LogP contribution < -0.4 is 38.9 Å². The van der Waals surface area contributed by atoms with E-state index in [2.05, 4.69) is 16.0 Å². The summed E-state index contributed by atoms with van der Waals surface area (Å²) in [4.78, 5) is 61.8. The average molecular weight is 552 g/mol. The van der Waals surface area contributed by atoms with E-state index in [4.69, 9.17) is 22.9 Å². The largest absolute Gasteiger partial charge is 0.508 e. The zero-order valence-electron chi connectivity index (χ0n) is 21.9. The van der Waals surface area contributed by atoms with Crippen LogP contribution in [-0.2, 0) is 30.4 Å². The number of carbonyl (C=O) groups is 5. The van der Waals surface area contributed by atoms with E-state index in [0.29, 0.717) is 50.8 Å². The molecule has 0 aromatic heterocycles. The van der Waals surface area contributed by atoms with Gasteiger partial charge >= 0.3 is 5.97 Å². The molecule has 4 unspecified atom stereocenters. The number of carboxylic acids is 1. The number of primary amides is 1. The highest BCUT2D eigenvalue weighted by molar-refractivity contribution is 5.95. The minimum Gasteiger partial charge on any atom is -0.508 e. The lowest BCUT2D eigenvalue weighted by molar-refractivity contribution is -0.143. The van der Waals surface area contributed by atoms with Gasteiger partial charge in [0.1, 0.15) is 23.9 Å². The fraction of sp³-hybridized carbons (Fsp3) is 0.560. The van der Waals surface area contributed by atoms with Gasteiger partial charge in [0.25, 0.3) is 0 Å². The number of carbonyl (C=O) groups excluding carboxylic acids is 4.